The maximum atomic E-state index is 13.1. The standard InChI is InChI=1S/C19H25ClN2O2/c20-15-5-3-4-14(11-15)16-6-1-2-7-17(16)19(24)22-9-8-13(12-22)10-18(21)23/h3-5,11,13,16-17H,1-2,6-10,12H2,(H2,21,23)/t13?,16-,17+/m0/s1. The van der Waals surface area contributed by atoms with Crippen molar-refractivity contribution in [2.75, 3.05) is 13.1 Å². The molecule has 0 aromatic heterocycles. The fourth-order valence-corrected chi connectivity index (χ4v) is 4.48. The van der Waals surface area contributed by atoms with E-state index in [9.17, 15) is 9.59 Å². The summed E-state index contributed by atoms with van der Waals surface area (Å²) in [4.78, 5) is 26.1. The number of benzene rings is 1. The Morgan fingerprint density at radius 3 is 2.75 bits per heavy atom. The second-order valence-corrected chi connectivity index (χ2v) is 7.60. The van der Waals surface area contributed by atoms with Crippen LogP contribution < -0.4 is 5.73 Å². The van der Waals surface area contributed by atoms with Gasteiger partial charge >= 0.3 is 0 Å². The summed E-state index contributed by atoms with van der Waals surface area (Å²) in [7, 11) is 0. The second-order valence-electron chi connectivity index (χ2n) is 7.16. The molecule has 0 spiro atoms. The molecule has 1 aliphatic carbocycles. The molecule has 5 heteroatoms. The predicted molar refractivity (Wildman–Crippen MR) is 94.6 cm³/mol. The number of likely N-dealkylation sites (tertiary alicyclic amines) is 1. The van der Waals surface area contributed by atoms with Crippen LogP contribution in [-0.2, 0) is 9.59 Å². The molecule has 1 aromatic rings. The minimum absolute atomic E-state index is 0.0320. The van der Waals surface area contributed by atoms with Gasteiger partial charge in [-0.3, -0.25) is 9.59 Å². The third kappa shape index (κ3) is 3.92. The van der Waals surface area contributed by atoms with E-state index in [2.05, 4.69) is 6.07 Å². The van der Waals surface area contributed by atoms with Gasteiger partial charge in [0, 0.05) is 30.5 Å². The number of carbonyl (C=O) groups is 2. The van der Waals surface area contributed by atoms with Crippen LogP contribution in [0.4, 0.5) is 0 Å². The molecule has 1 unspecified atom stereocenters. The lowest BCUT2D eigenvalue weighted by atomic mass is 9.75. The van der Waals surface area contributed by atoms with Gasteiger partial charge in [0.15, 0.2) is 0 Å². The SMILES string of the molecule is NC(=O)CC1CCN(C(=O)[C@@H]2CCCC[C@H]2c2cccc(Cl)c2)C1. The summed E-state index contributed by atoms with van der Waals surface area (Å²) < 4.78 is 0. The van der Waals surface area contributed by atoms with Gasteiger partial charge in [0.1, 0.15) is 0 Å². The van der Waals surface area contributed by atoms with E-state index in [0.29, 0.717) is 13.0 Å². The molecule has 1 saturated carbocycles. The minimum Gasteiger partial charge on any atom is -0.370 e. The Morgan fingerprint density at radius 2 is 2.00 bits per heavy atom. The van der Waals surface area contributed by atoms with E-state index < -0.39 is 0 Å². The number of halogens is 1. The highest BCUT2D eigenvalue weighted by Crippen LogP contribution is 2.40. The number of hydrogen-bond donors (Lipinski definition) is 1. The summed E-state index contributed by atoms with van der Waals surface area (Å²) >= 11 is 6.15. The van der Waals surface area contributed by atoms with Crippen molar-refractivity contribution >= 4 is 23.4 Å². The molecule has 2 aliphatic rings. The Bertz CT molecular complexity index is 619. The van der Waals surface area contributed by atoms with Gasteiger partial charge in [-0.2, -0.15) is 0 Å². The smallest absolute Gasteiger partial charge is 0.226 e. The largest absolute Gasteiger partial charge is 0.370 e. The van der Waals surface area contributed by atoms with Crippen LogP contribution in [0, 0.1) is 11.8 Å². The Labute approximate surface area is 148 Å². The summed E-state index contributed by atoms with van der Waals surface area (Å²) in [5.74, 6) is 0.472. The highest BCUT2D eigenvalue weighted by molar-refractivity contribution is 6.30. The third-order valence-corrected chi connectivity index (χ3v) is 5.68. The Hall–Kier alpha value is -1.55. The number of nitrogens with zero attached hydrogens (tertiary/aromatic N) is 1. The number of amides is 2. The van der Waals surface area contributed by atoms with Crippen molar-refractivity contribution in [1.29, 1.82) is 0 Å². The van der Waals surface area contributed by atoms with Crippen LogP contribution in [0.3, 0.4) is 0 Å². The molecule has 1 aliphatic heterocycles. The molecule has 0 bridgehead atoms. The molecule has 24 heavy (non-hydrogen) atoms. The van der Waals surface area contributed by atoms with E-state index in [1.165, 1.54) is 5.56 Å². The average Bonchev–Trinajstić information content (AvgIpc) is 3.02. The zero-order chi connectivity index (χ0) is 17.1. The molecule has 1 aromatic carbocycles. The second kappa shape index (κ2) is 7.56. The first kappa shape index (κ1) is 17.3. The zero-order valence-electron chi connectivity index (χ0n) is 13.9. The molecule has 2 amide bonds. The van der Waals surface area contributed by atoms with E-state index in [0.717, 1.165) is 43.7 Å². The van der Waals surface area contributed by atoms with Crippen molar-refractivity contribution in [3.05, 3.63) is 34.9 Å². The van der Waals surface area contributed by atoms with Gasteiger partial charge in [0.2, 0.25) is 11.8 Å². The quantitative estimate of drug-likeness (QED) is 0.907. The summed E-state index contributed by atoms with van der Waals surface area (Å²) in [6.45, 7) is 1.41. The highest BCUT2D eigenvalue weighted by atomic mass is 35.5. The zero-order valence-corrected chi connectivity index (χ0v) is 14.7. The average molecular weight is 349 g/mol. The van der Waals surface area contributed by atoms with Crippen molar-refractivity contribution in [3.63, 3.8) is 0 Å². The highest BCUT2D eigenvalue weighted by Gasteiger charge is 2.37. The molecule has 1 heterocycles. The fraction of sp³-hybridized carbons (Fsp3) is 0.579. The van der Waals surface area contributed by atoms with Crippen LogP contribution in [0.25, 0.3) is 0 Å². The Kier molecular flexibility index (Phi) is 5.44. The van der Waals surface area contributed by atoms with Crippen molar-refractivity contribution in [2.24, 2.45) is 17.6 Å². The van der Waals surface area contributed by atoms with Crippen LogP contribution >= 0.6 is 11.6 Å². The summed E-state index contributed by atoms with van der Waals surface area (Å²) in [5, 5.41) is 0.729. The number of nitrogens with two attached hydrogens (primary N) is 1. The van der Waals surface area contributed by atoms with Crippen LogP contribution in [0.5, 0.6) is 0 Å². The summed E-state index contributed by atoms with van der Waals surface area (Å²) in [6.07, 6.45) is 5.50. The molecule has 3 atom stereocenters. The van der Waals surface area contributed by atoms with Gasteiger partial charge in [-0.1, -0.05) is 36.6 Å². The molecule has 2 N–H and O–H groups in total. The summed E-state index contributed by atoms with van der Waals surface area (Å²) in [6, 6.07) is 7.92. The number of carbonyl (C=O) groups excluding carboxylic acids is 2. The van der Waals surface area contributed by atoms with Crippen molar-refractivity contribution < 1.29 is 9.59 Å². The van der Waals surface area contributed by atoms with Crippen LogP contribution in [0.15, 0.2) is 24.3 Å². The minimum atomic E-state index is -0.274. The van der Waals surface area contributed by atoms with Crippen molar-refractivity contribution in [3.8, 4) is 0 Å². The van der Waals surface area contributed by atoms with Gasteiger partial charge in [-0.25, -0.2) is 0 Å². The first-order valence-electron chi connectivity index (χ1n) is 8.87. The van der Waals surface area contributed by atoms with E-state index >= 15 is 0 Å². The molecular formula is C19H25ClN2O2. The van der Waals surface area contributed by atoms with Crippen molar-refractivity contribution in [1.82, 2.24) is 4.90 Å². The predicted octanol–water partition coefficient (Wildman–Crippen LogP) is 3.34. The van der Waals surface area contributed by atoms with E-state index in [4.69, 9.17) is 17.3 Å². The first-order valence-corrected chi connectivity index (χ1v) is 9.25. The normalized spacial score (nSPS) is 27.2. The van der Waals surface area contributed by atoms with Crippen LogP contribution in [0.2, 0.25) is 5.02 Å². The lowest BCUT2D eigenvalue weighted by molar-refractivity contribution is -0.136. The van der Waals surface area contributed by atoms with Crippen molar-refractivity contribution in [2.45, 2.75) is 44.4 Å². The topological polar surface area (TPSA) is 63.4 Å². The summed E-state index contributed by atoms with van der Waals surface area (Å²) in [5.41, 5.74) is 6.47. The monoisotopic (exact) mass is 348 g/mol. The maximum Gasteiger partial charge on any atom is 0.226 e. The molecular weight excluding hydrogens is 324 g/mol. The first-order chi connectivity index (χ1) is 11.5. The van der Waals surface area contributed by atoms with Gasteiger partial charge in [-0.05, 0) is 48.8 Å². The van der Waals surface area contributed by atoms with Crippen LogP contribution in [-0.4, -0.2) is 29.8 Å². The maximum absolute atomic E-state index is 13.1. The number of primary amides is 1. The van der Waals surface area contributed by atoms with Gasteiger partial charge < -0.3 is 10.6 Å². The number of rotatable bonds is 4. The molecule has 3 rings (SSSR count). The molecule has 1 saturated heterocycles. The molecule has 4 nitrogen and oxygen atoms in total. The van der Waals surface area contributed by atoms with E-state index in [1.807, 2.05) is 23.1 Å². The van der Waals surface area contributed by atoms with Crippen LogP contribution in [0.1, 0.15) is 50.0 Å². The lowest BCUT2D eigenvalue weighted by Crippen LogP contribution is -2.38. The van der Waals surface area contributed by atoms with E-state index in [1.54, 1.807) is 0 Å². The molecule has 0 radical (unpaired) electrons. The molecule has 130 valence electrons. The Balaban J connectivity index is 1.71. The molecule has 2 fully saturated rings. The van der Waals surface area contributed by atoms with E-state index in [-0.39, 0.29) is 29.6 Å². The Morgan fingerprint density at radius 1 is 1.21 bits per heavy atom. The number of hydrogen-bond acceptors (Lipinski definition) is 2. The van der Waals surface area contributed by atoms with Gasteiger partial charge in [-0.15, -0.1) is 0 Å². The van der Waals surface area contributed by atoms with Gasteiger partial charge in [0.25, 0.3) is 0 Å². The fourth-order valence-electron chi connectivity index (χ4n) is 4.28. The van der Waals surface area contributed by atoms with Gasteiger partial charge in [0.05, 0.1) is 0 Å². The third-order valence-electron chi connectivity index (χ3n) is 5.45. The lowest BCUT2D eigenvalue weighted by Gasteiger charge is -2.34.